The maximum Gasteiger partial charge on any atom is 0.338 e. The smallest absolute Gasteiger partial charge is 0.338 e. The maximum absolute atomic E-state index is 11.8. The number of hydrogen-bond donors (Lipinski definition) is 1. The third-order valence-corrected chi connectivity index (χ3v) is 4.03. The number of rotatable bonds is 6. The van der Waals surface area contributed by atoms with Crippen molar-refractivity contribution in [3.63, 3.8) is 0 Å². The van der Waals surface area contributed by atoms with Crippen LogP contribution in [0, 0.1) is 0 Å². The van der Waals surface area contributed by atoms with Gasteiger partial charge in [-0.3, -0.25) is 0 Å². The summed E-state index contributed by atoms with van der Waals surface area (Å²) in [7, 11) is 1.61. The second kappa shape index (κ2) is 6.68. The lowest BCUT2D eigenvalue weighted by Crippen LogP contribution is -2.41. The normalized spacial score (nSPS) is 29.2. The molecule has 0 aromatic heterocycles. The Labute approximate surface area is 140 Å². The van der Waals surface area contributed by atoms with Crippen molar-refractivity contribution >= 4 is 5.97 Å². The number of esters is 1. The second-order valence-corrected chi connectivity index (χ2v) is 6.35. The molecule has 1 aromatic carbocycles. The Balaban J connectivity index is 1.51. The summed E-state index contributed by atoms with van der Waals surface area (Å²) < 4.78 is 27.0. The number of ether oxygens (including phenoxy) is 5. The van der Waals surface area contributed by atoms with E-state index in [1.54, 1.807) is 21.0 Å². The van der Waals surface area contributed by atoms with Crippen LogP contribution in [0.5, 0.6) is 5.75 Å². The van der Waals surface area contributed by atoms with E-state index in [1.807, 2.05) is 24.3 Å². The molecule has 2 saturated heterocycles. The van der Waals surface area contributed by atoms with Crippen molar-refractivity contribution in [2.75, 3.05) is 13.7 Å². The number of cyclic esters (lactones) is 1. The van der Waals surface area contributed by atoms with Crippen LogP contribution in [0.1, 0.15) is 19.4 Å². The van der Waals surface area contributed by atoms with Gasteiger partial charge >= 0.3 is 5.97 Å². The van der Waals surface area contributed by atoms with Crippen molar-refractivity contribution in [2.24, 2.45) is 0 Å². The van der Waals surface area contributed by atoms with Crippen LogP contribution in [0.25, 0.3) is 0 Å². The van der Waals surface area contributed by atoms with E-state index in [0.29, 0.717) is 6.61 Å². The SMILES string of the molecule is COc1ccc(COC[C@H](O)[C@@H]2OC(=O)[C@@H]3OC(C)(C)O[C@H]23)cc1. The Hall–Kier alpha value is -1.67. The number of aliphatic hydroxyl groups is 1. The molecule has 0 radical (unpaired) electrons. The number of hydrogen-bond acceptors (Lipinski definition) is 7. The van der Waals surface area contributed by atoms with Gasteiger partial charge in [0.1, 0.15) is 18.0 Å². The number of methoxy groups -OCH3 is 1. The fourth-order valence-corrected chi connectivity index (χ4v) is 2.89. The first-order valence-corrected chi connectivity index (χ1v) is 7.84. The molecule has 132 valence electrons. The summed E-state index contributed by atoms with van der Waals surface area (Å²) in [5, 5.41) is 10.3. The Morgan fingerprint density at radius 2 is 1.96 bits per heavy atom. The minimum atomic E-state index is -0.986. The van der Waals surface area contributed by atoms with Crippen LogP contribution in [0.15, 0.2) is 24.3 Å². The molecule has 4 atom stereocenters. The largest absolute Gasteiger partial charge is 0.497 e. The van der Waals surface area contributed by atoms with E-state index in [9.17, 15) is 9.90 Å². The van der Waals surface area contributed by atoms with E-state index >= 15 is 0 Å². The molecule has 0 bridgehead atoms. The highest BCUT2D eigenvalue weighted by molar-refractivity contribution is 5.78. The van der Waals surface area contributed by atoms with Crippen molar-refractivity contribution in [2.45, 2.75) is 50.7 Å². The average molecular weight is 338 g/mol. The van der Waals surface area contributed by atoms with E-state index in [0.717, 1.165) is 11.3 Å². The van der Waals surface area contributed by atoms with Gasteiger partial charge in [-0.1, -0.05) is 12.1 Å². The van der Waals surface area contributed by atoms with Crippen molar-refractivity contribution in [1.29, 1.82) is 0 Å². The van der Waals surface area contributed by atoms with Crippen LogP contribution in [0.3, 0.4) is 0 Å². The fourth-order valence-electron chi connectivity index (χ4n) is 2.89. The molecule has 1 N–H and O–H groups in total. The first-order chi connectivity index (χ1) is 11.4. The molecule has 2 fully saturated rings. The van der Waals surface area contributed by atoms with E-state index in [2.05, 4.69) is 0 Å². The number of carbonyl (C=O) groups excluding carboxylic acids is 1. The topological polar surface area (TPSA) is 83.5 Å². The molecule has 0 aliphatic carbocycles. The predicted octanol–water partition coefficient (Wildman–Crippen LogP) is 1.02. The van der Waals surface area contributed by atoms with Crippen molar-refractivity contribution in [1.82, 2.24) is 0 Å². The van der Waals surface area contributed by atoms with Crippen LogP contribution < -0.4 is 4.74 Å². The standard InChI is InChI=1S/C17H22O7/c1-17(2)23-14-13(22-16(19)15(14)24-17)12(18)9-21-8-10-4-6-11(20-3)7-5-10/h4-7,12-15,18H,8-9H2,1-3H3/t12-,13-,14+,15+/m0/s1. The van der Waals surface area contributed by atoms with Gasteiger partial charge in [0.05, 0.1) is 20.3 Å². The van der Waals surface area contributed by atoms with Gasteiger partial charge in [-0.15, -0.1) is 0 Å². The molecule has 0 spiro atoms. The first kappa shape index (κ1) is 17.2. The van der Waals surface area contributed by atoms with Crippen LogP contribution in [0.4, 0.5) is 0 Å². The number of carbonyl (C=O) groups is 1. The Kier molecular flexibility index (Phi) is 4.78. The van der Waals surface area contributed by atoms with Crippen molar-refractivity contribution in [3.8, 4) is 5.75 Å². The summed E-state index contributed by atoms with van der Waals surface area (Å²) in [6.07, 6.45) is -3.19. The van der Waals surface area contributed by atoms with Gasteiger partial charge in [0.25, 0.3) is 0 Å². The van der Waals surface area contributed by atoms with E-state index in [-0.39, 0.29) is 6.61 Å². The van der Waals surface area contributed by atoms with Crippen LogP contribution >= 0.6 is 0 Å². The minimum Gasteiger partial charge on any atom is -0.497 e. The molecule has 2 heterocycles. The molecule has 1 aromatic rings. The summed E-state index contributed by atoms with van der Waals surface area (Å²) >= 11 is 0. The zero-order valence-electron chi connectivity index (χ0n) is 13.9. The Bertz CT molecular complexity index is 583. The van der Waals surface area contributed by atoms with Gasteiger partial charge in [0.15, 0.2) is 18.0 Å². The molecule has 0 saturated carbocycles. The zero-order chi connectivity index (χ0) is 17.3. The van der Waals surface area contributed by atoms with Gasteiger partial charge in [0.2, 0.25) is 0 Å². The highest BCUT2D eigenvalue weighted by atomic mass is 16.8. The van der Waals surface area contributed by atoms with E-state index in [1.165, 1.54) is 0 Å². The monoisotopic (exact) mass is 338 g/mol. The van der Waals surface area contributed by atoms with Crippen LogP contribution in [-0.4, -0.2) is 55.0 Å². The van der Waals surface area contributed by atoms with Crippen LogP contribution in [-0.2, 0) is 30.3 Å². The maximum atomic E-state index is 11.8. The van der Waals surface area contributed by atoms with E-state index in [4.69, 9.17) is 23.7 Å². The van der Waals surface area contributed by atoms with Gasteiger partial charge in [-0.25, -0.2) is 4.79 Å². The summed E-state index contributed by atoms with van der Waals surface area (Å²) in [5.74, 6) is -0.607. The molecule has 0 unspecified atom stereocenters. The summed E-state index contributed by atoms with van der Waals surface area (Å²) in [6.45, 7) is 3.81. The third-order valence-electron chi connectivity index (χ3n) is 4.03. The van der Waals surface area contributed by atoms with Crippen LogP contribution in [0.2, 0.25) is 0 Å². The zero-order valence-corrected chi connectivity index (χ0v) is 13.9. The second-order valence-electron chi connectivity index (χ2n) is 6.35. The Morgan fingerprint density at radius 1 is 1.25 bits per heavy atom. The molecule has 3 rings (SSSR count). The molecule has 7 nitrogen and oxygen atoms in total. The van der Waals surface area contributed by atoms with Gasteiger partial charge in [0, 0.05) is 0 Å². The molecular formula is C17H22O7. The quantitative estimate of drug-likeness (QED) is 0.775. The lowest BCUT2D eigenvalue weighted by molar-refractivity contribution is -0.196. The minimum absolute atomic E-state index is 0.0248. The molecule has 24 heavy (non-hydrogen) atoms. The highest BCUT2D eigenvalue weighted by Crippen LogP contribution is 2.37. The first-order valence-electron chi connectivity index (χ1n) is 7.84. The highest BCUT2D eigenvalue weighted by Gasteiger charge is 2.57. The third kappa shape index (κ3) is 3.54. The summed E-state index contributed by atoms with van der Waals surface area (Å²) in [6, 6.07) is 7.44. The molecular weight excluding hydrogens is 316 g/mol. The number of fused-ring (bicyclic) bond motifs is 1. The van der Waals surface area contributed by atoms with Gasteiger partial charge in [-0.2, -0.15) is 0 Å². The molecule has 0 amide bonds. The molecule has 2 aliphatic heterocycles. The van der Waals surface area contributed by atoms with Crippen molar-refractivity contribution in [3.05, 3.63) is 29.8 Å². The summed E-state index contributed by atoms with van der Waals surface area (Å²) in [4.78, 5) is 11.8. The summed E-state index contributed by atoms with van der Waals surface area (Å²) in [5.41, 5.74) is 0.950. The number of benzene rings is 1. The Morgan fingerprint density at radius 3 is 2.62 bits per heavy atom. The number of aliphatic hydroxyl groups excluding tert-OH is 1. The molecule has 2 aliphatic rings. The predicted molar refractivity (Wildman–Crippen MR) is 82.4 cm³/mol. The van der Waals surface area contributed by atoms with E-state index < -0.39 is 36.2 Å². The van der Waals surface area contributed by atoms with Gasteiger partial charge < -0.3 is 28.8 Å². The lowest BCUT2D eigenvalue weighted by Gasteiger charge is -2.24. The van der Waals surface area contributed by atoms with Gasteiger partial charge in [-0.05, 0) is 31.5 Å². The lowest BCUT2D eigenvalue weighted by atomic mass is 10.1. The van der Waals surface area contributed by atoms with Crippen molar-refractivity contribution < 1.29 is 33.6 Å². The average Bonchev–Trinajstić information content (AvgIpc) is 3.02. The molecule has 7 heteroatoms. The fraction of sp³-hybridized carbons (Fsp3) is 0.588.